The Morgan fingerprint density at radius 1 is 0.786 bits per heavy atom. The fourth-order valence-electron chi connectivity index (χ4n) is 2.75. The van der Waals surface area contributed by atoms with Crippen molar-refractivity contribution in [2.75, 3.05) is 0 Å². The molecule has 0 amide bonds. The van der Waals surface area contributed by atoms with Crippen LogP contribution in [0.15, 0.2) is 22.9 Å². The van der Waals surface area contributed by atoms with E-state index in [4.69, 9.17) is 0 Å². The molecule has 0 aliphatic carbocycles. The van der Waals surface area contributed by atoms with Gasteiger partial charge in [-0.1, -0.05) is 0 Å². The van der Waals surface area contributed by atoms with Crippen LogP contribution in [-0.4, -0.2) is 22.4 Å². The van der Waals surface area contributed by atoms with Crippen LogP contribution < -0.4 is 0 Å². The van der Waals surface area contributed by atoms with Crippen LogP contribution in [0, 0.1) is 31.9 Å². The van der Waals surface area contributed by atoms with Crippen molar-refractivity contribution in [1.29, 1.82) is 0 Å². The highest BCUT2D eigenvalue weighted by Crippen LogP contribution is 2.49. The van der Waals surface area contributed by atoms with Crippen molar-refractivity contribution in [2.45, 2.75) is 0 Å². The minimum Gasteiger partial charge on any atom is -0.297 e. The standard InChI is InChI=1S/C16H6F2N2O6S2/c17-13-11(7-1-3-27-9(7)5-21)15(19(23)24)16(20(25)26)12(14(13)18)8-2-4-28-10(8)6-22/h1-6H. The van der Waals surface area contributed by atoms with Crippen molar-refractivity contribution < 1.29 is 28.2 Å². The van der Waals surface area contributed by atoms with E-state index < -0.39 is 44.0 Å². The Hall–Kier alpha value is -3.38. The molecule has 8 nitrogen and oxygen atoms in total. The maximum absolute atomic E-state index is 14.9. The summed E-state index contributed by atoms with van der Waals surface area (Å²) in [5.41, 5.74) is -5.27. The third kappa shape index (κ3) is 2.88. The van der Waals surface area contributed by atoms with Crippen LogP contribution >= 0.6 is 22.7 Å². The van der Waals surface area contributed by atoms with Gasteiger partial charge in [0.05, 0.1) is 19.6 Å². The summed E-state index contributed by atoms with van der Waals surface area (Å²) in [4.78, 5) is 42.8. The van der Waals surface area contributed by atoms with E-state index in [1.165, 1.54) is 10.8 Å². The van der Waals surface area contributed by atoms with Crippen LogP contribution in [0.25, 0.3) is 22.3 Å². The van der Waals surface area contributed by atoms with Gasteiger partial charge < -0.3 is 0 Å². The van der Waals surface area contributed by atoms with E-state index in [-0.39, 0.29) is 33.5 Å². The Kier molecular flexibility index (Phi) is 5.07. The Morgan fingerprint density at radius 3 is 1.43 bits per heavy atom. The van der Waals surface area contributed by atoms with E-state index in [1.54, 1.807) is 0 Å². The highest BCUT2D eigenvalue weighted by Gasteiger charge is 2.41. The van der Waals surface area contributed by atoms with Gasteiger partial charge in [0.25, 0.3) is 0 Å². The van der Waals surface area contributed by atoms with Gasteiger partial charge in [-0.3, -0.25) is 29.8 Å². The third-order valence-corrected chi connectivity index (χ3v) is 5.52. The first-order valence-corrected chi connectivity index (χ1v) is 8.99. The summed E-state index contributed by atoms with van der Waals surface area (Å²) in [5, 5.41) is 25.9. The smallest absolute Gasteiger partial charge is 0.297 e. The number of carbonyl (C=O) groups is 2. The Bertz CT molecular complexity index is 1070. The average Bonchev–Trinajstić information content (AvgIpc) is 3.31. The molecule has 0 unspecified atom stereocenters. The summed E-state index contributed by atoms with van der Waals surface area (Å²) in [6, 6.07) is 2.26. The van der Waals surface area contributed by atoms with Crippen molar-refractivity contribution in [2.24, 2.45) is 0 Å². The molecule has 0 bridgehead atoms. The fourth-order valence-corrected chi connectivity index (χ4v) is 4.16. The summed E-state index contributed by atoms with van der Waals surface area (Å²) < 4.78 is 29.9. The van der Waals surface area contributed by atoms with Crippen LogP contribution in [0.4, 0.5) is 20.2 Å². The zero-order chi connectivity index (χ0) is 20.6. The van der Waals surface area contributed by atoms with Crippen molar-refractivity contribution in [3.8, 4) is 22.3 Å². The van der Waals surface area contributed by atoms with Crippen molar-refractivity contribution in [3.05, 3.63) is 64.5 Å². The number of benzene rings is 1. The van der Waals surface area contributed by atoms with E-state index >= 15 is 0 Å². The molecule has 1 aromatic carbocycles. The molecular weight excluding hydrogens is 418 g/mol. The lowest BCUT2D eigenvalue weighted by atomic mass is 9.95. The number of aldehydes is 2. The second-order valence-electron chi connectivity index (χ2n) is 5.22. The molecule has 3 rings (SSSR count). The normalized spacial score (nSPS) is 10.6. The predicted octanol–water partition coefficient (Wildman–Crippen LogP) is 4.86. The molecule has 0 saturated heterocycles. The van der Waals surface area contributed by atoms with Crippen LogP contribution in [0.3, 0.4) is 0 Å². The summed E-state index contributed by atoms with van der Waals surface area (Å²) >= 11 is 1.61. The zero-order valence-electron chi connectivity index (χ0n) is 13.4. The summed E-state index contributed by atoms with van der Waals surface area (Å²) in [7, 11) is 0. The van der Waals surface area contributed by atoms with Gasteiger partial charge in [-0.15, -0.1) is 22.7 Å². The molecule has 0 N–H and O–H groups in total. The average molecular weight is 424 g/mol. The lowest BCUT2D eigenvalue weighted by Crippen LogP contribution is -2.07. The molecule has 2 heterocycles. The van der Waals surface area contributed by atoms with Gasteiger partial charge in [0.1, 0.15) is 11.1 Å². The second-order valence-corrected chi connectivity index (χ2v) is 7.12. The van der Waals surface area contributed by atoms with Gasteiger partial charge >= 0.3 is 11.4 Å². The minimum atomic E-state index is -1.73. The van der Waals surface area contributed by atoms with Gasteiger partial charge in [-0.2, -0.15) is 0 Å². The maximum atomic E-state index is 14.9. The number of halogens is 2. The number of thiophene rings is 2. The number of hydrogen-bond acceptors (Lipinski definition) is 8. The summed E-state index contributed by atoms with van der Waals surface area (Å²) in [5.74, 6) is -3.45. The maximum Gasteiger partial charge on any atom is 0.357 e. The fraction of sp³-hybridized carbons (Fsp3) is 0. The quantitative estimate of drug-likeness (QED) is 0.316. The predicted molar refractivity (Wildman–Crippen MR) is 97.1 cm³/mol. The molecule has 0 atom stereocenters. The topological polar surface area (TPSA) is 120 Å². The molecule has 0 radical (unpaired) electrons. The van der Waals surface area contributed by atoms with E-state index in [9.17, 15) is 38.6 Å². The van der Waals surface area contributed by atoms with E-state index in [0.717, 1.165) is 34.8 Å². The Balaban J connectivity index is 2.56. The molecule has 0 aliphatic heterocycles. The summed E-state index contributed by atoms with van der Waals surface area (Å²) in [6.07, 6.45) is 0.564. The molecule has 0 spiro atoms. The number of nitro benzene ring substituents is 2. The largest absolute Gasteiger partial charge is 0.357 e. The third-order valence-electron chi connectivity index (χ3n) is 3.84. The molecule has 0 aliphatic rings. The number of carbonyl (C=O) groups excluding carboxylic acids is 2. The van der Waals surface area contributed by atoms with Gasteiger partial charge in [0.15, 0.2) is 24.2 Å². The number of nitrogens with zero attached hydrogens (tertiary/aromatic N) is 2. The van der Waals surface area contributed by atoms with Crippen LogP contribution in [0.5, 0.6) is 0 Å². The zero-order valence-corrected chi connectivity index (χ0v) is 15.0. The van der Waals surface area contributed by atoms with E-state index in [1.807, 2.05) is 0 Å². The van der Waals surface area contributed by atoms with Gasteiger partial charge in [-0.05, 0) is 22.9 Å². The first-order chi connectivity index (χ1) is 13.3. The highest BCUT2D eigenvalue weighted by atomic mass is 32.1. The van der Waals surface area contributed by atoms with Crippen molar-refractivity contribution >= 4 is 46.6 Å². The molecule has 3 aromatic rings. The van der Waals surface area contributed by atoms with Gasteiger partial charge in [-0.25, -0.2) is 8.78 Å². The van der Waals surface area contributed by atoms with E-state index in [0.29, 0.717) is 0 Å². The lowest BCUT2D eigenvalue weighted by Gasteiger charge is -2.11. The van der Waals surface area contributed by atoms with Gasteiger partial charge in [0, 0.05) is 11.1 Å². The first kappa shape index (κ1) is 19.4. The molecule has 0 saturated carbocycles. The monoisotopic (exact) mass is 424 g/mol. The number of hydrogen-bond donors (Lipinski definition) is 0. The molecule has 12 heteroatoms. The second kappa shape index (κ2) is 7.32. The lowest BCUT2D eigenvalue weighted by molar-refractivity contribution is -0.421. The molecule has 0 fully saturated rings. The highest BCUT2D eigenvalue weighted by molar-refractivity contribution is 7.12. The molecule has 2 aromatic heterocycles. The number of rotatable bonds is 6. The molecule has 142 valence electrons. The molecule has 28 heavy (non-hydrogen) atoms. The van der Waals surface area contributed by atoms with E-state index in [2.05, 4.69) is 0 Å². The minimum absolute atomic E-state index is 0.160. The Labute approximate surface area is 162 Å². The Morgan fingerprint density at radius 2 is 1.14 bits per heavy atom. The molecular formula is C16H6F2N2O6S2. The van der Waals surface area contributed by atoms with Crippen LogP contribution in [-0.2, 0) is 0 Å². The van der Waals surface area contributed by atoms with Crippen molar-refractivity contribution in [1.82, 2.24) is 0 Å². The summed E-state index contributed by atoms with van der Waals surface area (Å²) in [6.45, 7) is 0. The van der Waals surface area contributed by atoms with Crippen molar-refractivity contribution in [3.63, 3.8) is 0 Å². The SMILES string of the molecule is O=Cc1sccc1-c1c(F)c(F)c(-c2ccsc2C=O)c([N+](=O)[O-])c1[N+](=O)[O-]. The first-order valence-electron chi connectivity index (χ1n) is 7.23. The van der Waals surface area contributed by atoms with Crippen LogP contribution in [0.2, 0.25) is 0 Å². The van der Waals surface area contributed by atoms with Gasteiger partial charge in [0.2, 0.25) is 0 Å². The van der Waals surface area contributed by atoms with Crippen LogP contribution in [0.1, 0.15) is 19.3 Å². The number of nitro groups is 2.